The lowest BCUT2D eigenvalue weighted by atomic mass is 10.2. The number of hydrogen-bond acceptors (Lipinski definition) is 4. The molecular weight excluding hydrogens is 306 g/mol. The smallest absolute Gasteiger partial charge is 0.233 e. The third kappa shape index (κ3) is 6.78. The van der Waals surface area contributed by atoms with Gasteiger partial charge in [0.05, 0.1) is 12.8 Å². The van der Waals surface area contributed by atoms with E-state index in [2.05, 4.69) is 10.6 Å². The zero-order valence-electron chi connectivity index (χ0n) is 13.1. The van der Waals surface area contributed by atoms with E-state index in [0.29, 0.717) is 23.0 Å². The fourth-order valence-corrected chi connectivity index (χ4v) is 1.98. The quantitative estimate of drug-likeness (QED) is 0.563. The van der Waals surface area contributed by atoms with E-state index in [1.54, 1.807) is 18.2 Å². The Morgan fingerprint density at radius 2 is 2.00 bits per heavy atom. The second-order valence-electron chi connectivity index (χ2n) is 5.08. The number of anilines is 1. The van der Waals surface area contributed by atoms with Gasteiger partial charge in [-0.1, -0.05) is 11.6 Å². The fraction of sp³-hybridized carbons (Fsp3) is 0.467. The highest BCUT2D eigenvalue weighted by Crippen LogP contribution is 2.27. The number of nitrogens with one attached hydrogen (secondary N) is 2. The van der Waals surface area contributed by atoms with Crippen molar-refractivity contribution in [1.29, 1.82) is 0 Å². The SMILES string of the molecule is COc1ccc(Cl)cc1NC(=O)CC(=O)NCCCN(C)C. The molecule has 0 saturated heterocycles. The minimum absolute atomic E-state index is 0.238. The summed E-state index contributed by atoms with van der Waals surface area (Å²) in [4.78, 5) is 25.6. The molecule has 0 aliphatic carbocycles. The van der Waals surface area contributed by atoms with E-state index in [9.17, 15) is 9.59 Å². The van der Waals surface area contributed by atoms with Gasteiger partial charge < -0.3 is 20.3 Å². The van der Waals surface area contributed by atoms with Crippen LogP contribution in [0.25, 0.3) is 0 Å². The first-order valence-electron chi connectivity index (χ1n) is 6.97. The molecule has 0 unspecified atom stereocenters. The summed E-state index contributed by atoms with van der Waals surface area (Å²) in [6.45, 7) is 1.43. The van der Waals surface area contributed by atoms with Gasteiger partial charge in [-0.15, -0.1) is 0 Å². The Kier molecular flexibility index (Phi) is 7.70. The number of methoxy groups -OCH3 is 1. The Balaban J connectivity index is 2.42. The summed E-state index contributed by atoms with van der Waals surface area (Å²) in [5.41, 5.74) is 0.445. The van der Waals surface area contributed by atoms with Crippen molar-refractivity contribution < 1.29 is 14.3 Å². The first-order chi connectivity index (χ1) is 10.4. The van der Waals surface area contributed by atoms with E-state index < -0.39 is 5.91 Å². The summed E-state index contributed by atoms with van der Waals surface area (Å²) in [5.74, 6) is -0.230. The predicted molar refractivity (Wildman–Crippen MR) is 87.4 cm³/mol. The molecule has 7 heteroatoms. The maximum absolute atomic E-state index is 11.9. The van der Waals surface area contributed by atoms with Crippen molar-refractivity contribution in [3.8, 4) is 5.75 Å². The zero-order chi connectivity index (χ0) is 16.5. The van der Waals surface area contributed by atoms with Crippen LogP contribution in [0.4, 0.5) is 5.69 Å². The molecule has 0 heterocycles. The van der Waals surface area contributed by atoms with Crippen LogP contribution < -0.4 is 15.4 Å². The van der Waals surface area contributed by atoms with Gasteiger partial charge in [-0.2, -0.15) is 0 Å². The van der Waals surface area contributed by atoms with Crippen molar-refractivity contribution in [1.82, 2.24) is 10.2 Å². The molecule has 0 bridgehead atoms. The maximum Gasteiger partial charge on any atom is 0.233 e. The number of halogens is 1. The first-order valence-corrected chi connectivity index (χ1v) is 7.35. The Labute approximate surface area is 135 Å². The molecule has 1 rings (SSSR count). The molecule has 0 spiro atoms. The van der Waals surface area contributed by atoms with Crippen LogP contribution in [0.15, 0.2) is 18.2 Å². The van der Waals surface area contributed by atoms with E-state index in [4.69, 9.17) is 16.3 Å². The molecule has 0 aromatic heterocycles. The average molecular weight is 328 g/mol. The minimum atomic E-state index is -0.411. The lowest BCUT2D eigenvalue weighted by Gasteiger charge is -2.11. The van der Waals surface area contributed by atoms with E-state index in [0.717, 1.165) is 13.0 Å². The number of carbonyl (C=O) groups excluding carboxylic acids is 2. The molecule has 0 atom stereocenters. The van der Waals surface area contributed by atoms with Crippen LogP contribution in [0.3, 0.4) is 0 Å². The van der Waals surface area contributed by atoms with Crippen molar-refractivity contribution in [2.45, 2.75) is 12.8 Å². The topological polar surface area (TPSA) is 70.7 Å². The largest absolute Gasteiger partial charge is 0.495 e. The van der Waals surface area contributed by atoms with Gasteiger partial charge in [-0.25, -0.2) is 0 Å². The Hall–Kier alpha value is -1.79. The second kappa shape index (κ2) is 9.27. The van der Waals surface area contributed by atoms with Gasteiger partial charge in [-0.3, -0.25) is 9.59 Å². The number of hydrogen-bond donors (Lipinski definition) is 2. The van der Waals surface area contributed by atoms with Crippen LogP contribution in [-0.2, 0) is 9.59 Å². The predicted octanol–water partition coefficient (Wildman–Crippen LogP) is 1.75. The summed E-state index contributed by atoms with van der Waals surface area (Å²) < 4.78 is 5.13. The molecule has 1 aromatic rings. The highest BCUT2D eigenvalue weighted by molar-refractivity contribution is 6.31. The average Bonchev–Trinajstić information content (AvgIpc) is 2.43. The van der Waals surface area contributed by atoms with Crippen LogP contribution in [-0.4, -0.2) is 51.0 Å². The minimum Gasteiger partial charge on any atom is -0.495 e. The number of benzene rings is 1. The van der Waals surface area contributed by atoms with Crippen molar-refractivity contribution in [3.63, 3.8) is 0 Å². The fourth-order valence-electron chi connectivity index (χ4n) is 1.80. The van der Waals surface area contributed by atoms with Crippen molar-refractivity contribution in [2.24, 2.45) is 0 Å². The molecule has 0 saturated carbocycles. The highest BCUT2D eigenvalue weighted by atomic mass is 35.5. The highest BCUT2D eigenvalue weighted by Gasteiger charge is 2.12. The van der Waals surface area contributed by atoms with Gasteiger partial charge in [0, 0.05) is 11.6 Å². The van der Waals surface area contributed by atoms with Crippen LogP contribution in [0.1, 0.15) is 12.8 Å². The monoisotopic (exact) mass is 327 g/mol. The van der Waals surface area contributed by atoms with Crippen LogP contribution in [0, 0.1) is 0 Å². The second-order valence-corrected chi connectivity index (χ2v) is 5.51. The number of nitrogens with zero attached hydrogens (tertiary/aromatic N) is 1. The van der Waals surface area contributed by atoms with E-state index in [1.807, 2.05) is 19.0 Å². The van der Waals surface area contributed by atoms with Crippen LogP contribution in [0.2, 0.25) is 5.02 Å². The summed E-state index contributed by atoms with van der Waals surface area (Å²) in [6, 6.07) is 4.89. The Bertz CT molecular complexity index is 521. The molecule has 1 aromatic carbocycles. The van der Waals surface area contributed by atoms with Crippen LogP contribution in [0.5, 0.6) is 5.75 Å². The molecular formula is C15H22ClN3O3. The van der Waals surface area contributed by atoms with Gasteiger partial charge in [0.1, 0.15) is 12.2 Å². The molecule has 0 aliphatic heterocycles. The lowest BCUT2D eigenvalue weighted by molar-refractivity contribution is -0.126. The molecule has 0 radical (unpaired) electrons. The molecule has 2 amide bonds. The maximum atomic E-state index is 11.9. The van der Waals surface area contributed by atoms with Gasteiger partial charge >= 0.3 is 0 Å². The molecule has 0 fully saturated rings. The normalized spacial score (nSPS) is 10.4. The summed E-state index contributed by atoms with van der Waals surface area (Å²) in [5, 5.41) is 5.81. The number of amides is 2. The molecule has 0 aliphatic rings. The Morgan fingerprint density at radius 3 is 2.64 bits per heavy atom. The standard InChI is InChI=1S/C15H22ClN3O3/c1-19(2)8-4-7-17-14(20)10-15(21)18-12-9-11(16)5-6-13(12)22-3/h5-6,9H,4,7-8,10H2,1-3H3,(H,17,20)(H,18,21). The van der Waals surface area contributed by atoms with Crippen molar-refractivity contribution >= 4 is 29.1 Å². The van der Waals surface area contributed by atoms with E-state index in [1.165, 1.54) is 7.11 Å². The van der Waals surface area contributed by atoms with Gasteiger partial charge in [0.2, 0.25) is 11.8 Å². The number of rotatable bonds is 8. The van der Waals surface area contributed by atoms with E-state index in [-0.39, 0.29) is 12.3 Å². The third-order valence-corrected chi connectivity index (χ3v) is 3.10. The van der Waals surface area contributed by atoms with Gasteiger partial charge in [0.25, 0.3) is 0 Å². The molecule has 2 N–H and O–H groups in total. The molecule has 6 nitrogen and oxygen atoms in total. The Morgan fingerprint density at radius 1 is 1.27 bits per heavy atom. The summed E-state index contributed by atoms with van der Waals surface area (Å²) in [6.07, 6.45) is 0.597. The molecule has 22 heavy (non-hydrogen) atoms. The third-order valence-electron chi connectivity index (χ3n) is 2.86. The summed E-state index contributed by atoms with van der Waals surface area (Å²) in [7, 11) is 5.43. The van der Waals surface area contributed by atoms with Crippen molar-refractivity contribution in [3.05, 3.63) is 23.2 Å². The summed E-state index contributed by atoms with van der Waals surface area (Å²) >= 11 is 5.88. The zero-order valence-corrected chi connectivity index (χ0v) is 13.9. The van der Waals surface area contributed by atoms with Crippen LogP contribution >= 0.6 is 11.6 Å². The molecule has 122 valence electrons. The number of ether oxygens (including phenoxy) is 1. The first kappa shape index (κ1) is 18.3. The lowest BCUT2D eigenvalue weighted by Crippen LogP contribution is -2.30. The van der Waals surface area contributed by atoms with Gasteiger partial charge in [0.15, 0.2) is 0 Å². The van der Waals surface area contributed by atoms with E-state index >= 15 is 0 Å². The van der Waals surface area contributed by atoms with Gasteiger partial charge in [-0.05, 0) is 45.3 Å². The number of carbonyl (C=O) groups is 2. The van der Waals surface area contributed by atoms with Crippen molar-refractivity contribution in [2.75, 3.05) is 39.6 Å².